The zero-order chi connectivity index (χ0) is 10.4. The van der Waals surface area contributed by atoms with Crippen molar-refractivity contribution in [2.45, 2.75) is 6.92 Å². The zero-order valence-electron chi connectivity index (χ0n) is 9.08. The van der Waals surface area contributed by atoms with Gasteiger partial charge in [0.1, 0.15) is 0 Å². The summed E-state index contributed by atoms with van der Waals surface area (Å²) in [7, 11) is 5.47. The van der Waals surface area contributed by atoms with Crippen LogP contribution in [0.2, 0.25) is 0 Å². The van der Waals surface area contributed by atoms with E-state index >= 15 is 0 Å². The average Bonchev–Trinajstić information content (AvgIpc) is 2.03. The molecule has 78 valence electrons. The van der Waals surface area contributed by atoms with E-state index in [1.807, 2.05) is 11.9 Å². The van der Waals surface area contributed by atoms with Crippen molar-refractivity contribution in [1.82, 2.24) is 9.80 Å². The van der Waals surface area contributed by atoms with Crippen molar-refractivity contribution in [3.8, 4) is 0 Å². The molecule has 0 aromatic heterocycles. The Morgan fingerprint density at radius 3 is 2.31 bits per heavy atom. The van der Waals surface area contributed by atoms with Gasteiger partial charge in [0, 0.05) is 20.6 Å². The number of nitrogens with two attached hydrogens (primary N) is 1. The summed E-state index contributed by atoms with van der Waals surface area (Å²) in [6.07, 6.45) is 0. The van der Waals surface area contributed by atoms with Crippen LogP contribution in [0.5, 0.6) is 0 Å². The molecular formula is C9H21N3O. The lowest BCUT2D eigenvalue weighted by Gasteiger charge is -2.21. The van der Waals surface area contributed by atoms with Crippen LogP contribution in [0.1, 0.15) is 6.92 Å². The topological polar surface area (TPSA) is 49.6 Å². The van der Waals surface area contributed by atoms with Gasteiger partial charge < -0.3 is 10.6 Å². The lowest BCUT2D eigenvalue weighted by atomic mass is 10.2. The Morgan fingerprint density at radius 1 is 1.38 bits per heavy atom. The summed E-state index contributed by atoms with van der Waals surface area (Å²) in [6.45, 7) is 4.09. The third kappa shape index (κ3) is 5.60. The van der Waals surface area contributed by atoms with Gasteiger partial charge in [0.2, 0.25) is 5.91 Å². The number of hydrogen-bond donors (Lipinski definition) is 1. The summed E-state index contributed by atoms with van der Waals surface area (Å²) in [6, 6.07) is 0. The first kappa shape index (κ1) is 12.4. The molecule has 1 atom stereocenters. The van der Waals surface area contributed by atoms with Gasteiger partial charge in [-0.25, -0.2) is 0 Å². The van der Waals surface area contributed by atoms with Crippen LogP contribution < -0.4 is 5.73 Å². The maximum absolute atomic E-state index is 11.3. The van der Waals surface area contributed by atoms with Crippen LogP contribution in [-0.2, 0) is 4.79 Å². The molecule has 0 aromatic carbocycles. The fraction of sp³-hybridized carbons (Fsp3) is 0.889. The molecule has 2 N–H and O–H groups in total. The van der Waals surface area contributed by atoms with E-state index in [1.165, 1.54) is 0 Å². The van der Waals surface area contributed by atoms with Crippen LogP contribution in [0.3, 0.4) is 0 Å². The first-order valence-corrected chi connectivity index (χ1v) is 4.56. The molecule has 0 spiro atoms. The van der Waals surface area contributed by atoms with E-state index in [9.17, 15) is 4.79 Å². The standard InChI is InChI=1S/C9H21N3O/c1-8(5-10)6-12(4)7-9(13)11(2)3/h8H,5-7,10H2,1-4H3. The van der Waals surface area contributed by atoms with Crippen molar-refractivity contribution in [2.24, 2.45) is 11.7 Å². The Kier molecular flexibility index (Phi) is 5.66. The Hall–Kier alpha value is -0.610. The van der Waals surface area contributed by atoms with E-state index in [4.69, 9.17) is 5.73 Å². The Morgan fingerprint density at radius 2 is 1.92 bits per heavy atom. The molecule has 0 aromatic rings. The highest BCUT2D eigenvalue weighted by atomic mass is 16.2. The van der Waals surface area contributed by atoms with Crippen LogP contribution in [0.4, 0.5) is 0 Å². The third-order valence-corrected chi connectivity index (χ3v) is 1.93. The number of nitrogens with zero attached hydrogens (tertiary/aromatic N) is 2. The summed E-state index contributed by atoms with van der Waals surface area (Å²) < 4.78 is 0. The van der Waals surface area contributed by atoms with Crippen LogP contribution in [0, 0.1) is 5.92 Å². The SMILES string of the molecule is CC(CN)CN(C)CC(=O)N(C)C. The zero-order valence-corrected chi connectivity index (χ0v) is 9.08. The molecule has 0 rings (SSSR count). The van der Waals surface area contributed by atoms with E-state index in [0.717, 1.165) is 6.54 Å². The number of carbonyl (C=O) groups excluding carboxylic acids is 1. The predicted octanol–water partition coefficient (Wildman–Crippen LogP) is -0.399. The normalized spacial score (nSPS) is 13.1. The minimum atomic E-state index is 0.131. The first-order chi connectivity index (χ1) is 5.97. The molecule has 0 aliphatic rings. The van der Waals surface area contributed by atoms with Crippen molar-refractivity contribution in [3.05, 3.63) is 0 Å². The molecule has 13 heavy (non-hydrogen) atoms. The van der Waals surface area contributed by atoms with Gasteiger partial charge in [-0.2, -0.15) is 0 Å². The maximum atomic E-state index is 11.3. The number of hydrogen-bond acceptors (Lipinski definition) is 3. The summed E-state index contributed by atoms with van der Waals surface area (Å²) >= 11 is 0. The van der Waals surface area contributed by atoms with Gasteiger partial charge in [-0.15, -0.1) is 0 Å². The van der Waals surface area contributed by atoms with Crippen LogP contribution >= 0.6 is 0 Å². The molecule has 0 radical (unpaired) electrons. The molecule has 0 saturated heterocycles. The van der Waals surface area contributed by atoms with Crippen LogP contribution in [-0.4, -0.2) is 56.5 Å². The van der Waals surface area contributed by atoms with E-state index < -0.39 is 0 Å². The Labute approximate surface area is 80.7 Å². The summed E-state index contributed by atoms with van der Waals surface area (Å²) in [5.41, 5.74) is 5.49. The molecule has 0 aliphatic carbocycles. The minimum Gasteiger partial charge on any atom is -0.348 e. The molecular weight excluding hydrogens is 166 g/mol. The van der Waals surface area contributed by atoms with E-state index in [2.05, 4.69) is 6.92 Å². The monoisotopic (exact) mass is 187 g/mol. The van der Waals surface area contributed by atoms with Crippen molar-refractivity contribution in [1.29, 1.82) is 0 Å². The molecule has 0 fully saturated rings. The van der Waals surface area contributed by atoms with E-state index in [-0.39, 0.29) is 5.91 Å². The van der Waals surface area contributed by atoms with Crippen molar-refractivity contribution in [2.75, 3.05) is 40.8 Å². The second kappa shape index (κ2) is 5.94. The molecule has 0 saturated carbocycles. The molecule has 1 unspecified atom stereocenters. The van der Waals surface area contributed by atoms with Gasteiger partial charge in [-0.1, -0.05) is 6.92 Å². The fourth-order valence-corrected chi connectivity index (χ4v) is 1.04. The van der Waals surface area contributed by atoms with Gasteiger partial charge in [0.05, 0.1) is 6.54 Å². The molecule has 1 amide bonds. The van der Waals surface area contributed by atoms with Crippen LogP contribution in [0.15, 0.2) is 0 Å². The van der Waals surface area contributed by atoms with Gasteiger partial charge in [0.15, 0.2) is 0 Å². The molecule has 0 heterocycles. The van der Waals surface area contributed by atoms with E-state index in [0.29, 0.717) is 19.0 Å². The van der Waals surface area contributed by atoms with Gasteiger partial charge in [0.25, 0.3) is 0 Å². The van der Waals surface area contributed by atoms with Gasteiger partial charge >= 0.3 is 0 Å². The number of likely N-dealkylation sites (N-methyl/N-ethyl adjacent to an activating group) is 2. The molecule has 0 aliphatic heterocycles. The van der Waals surface area contributed by atoms with Crippen molar-refractivity contribution < 1.29 is 4.79 Å². The smallest absolute Gasteiger partial charge is 0.236 e. The highest BCUT2D eigenvalue weighted by Gasteiger charge is 2.10. The minimum absolute atomic E-state index is 0.131. The quantitative estimate of drug-likeness (QED) is 0.637. The predicted molar refractivity (Wildman–Crippen MR) is 54.4 cm³/mol. The molecule has 4 nitrogen and oxygen atoms in total. The summed E-state index contributed by atoms with van der Waals surface area (Å²) in [5, 5.41) is 0. The average molecular weight is 187 g/mol. The third-order valence-electron chi connectivity index (χ3n) is 1.93. The maximum Gasteiger partial charge on any atom is 0.236 e. The van der Waals surface area contributed by atoms with Crippen molar-refractivity contribution in [3.63, 3.8) is 0 Å². The molecule has 0 bridgehead atoms. The highest BCUT2D eigenvalue weighted by molar-refractivity contribution is 5.77. The Balaban J connectivity index is 3.74. The lowest BCUT2D eigenvalue weighted by Crippen LogP contribution is -2.37. The Bertz CT molecular complexity index is 159. The number of carbonyl (C=O) groups is 1. The lowest BCUT2D eigenvalue weighted by molar-refractivity contribution is -0.129. The fourth-order valence-electron chi connectivity index (χ4n) is 1.04. The van der Waals surface area contributed by atoms with Gasteiger partial charge in [-0.3, -0.25) is 9.69 Å². The van der Waals surface area contributed by atoms with Gasteiger partial charge in [-0.05, 0) is 19.5 Å². The molecule has 4 heteroatoms. The second-order valence-electron chi connectivity index (χ2n) is 3.83. The largest absolute Gasteiger partial charge is 0.348 e. The summed E-state index contributed by atoms with van der Waals surface area (Å²) in [5.74, 6) is 0.576. The highest BCUT2D eigenvalue weighted by Crippen LogP contribution is 1.95. The number of rotatable bonds is 5. The second-order valence-corrected chi connectivity index (χ2v) is 3.83. The first-order valence-electron chi connectivity index (χ1n) is 4.56. The van der Waals surface area contributed by atoms with E-state index in [1.54, 1.807) is 19.0 Å². The van der Waals surface area contributed by atoms with Crippen LogP contribution in [0.25, 0.3) is 0 Å². The summed E-state index contributed by atoms with van der Waals surface area (Å²) in [4.78, 5) is 14.9. The van der Waals surface area contributed by atoms with Crippen molar-refractivity contribution >= 4 is 5.91 Å². The number of amides is 1.